The van der Waals surface area contributed by atoms with Gasteiger partial charge in [0, 0.05) is 32.2 Å². The van der Waals surface area contributed by atoms with E-state index in [4.69, 9.17) is 0 Å². The van der Waals surface area contributed by atoms with Crippen molar-refractivity contribution < 1.29 is 5.11 Å². The van der Waals surface area contributed by atoms with Gasteiger partial charge in [-0.25, -0.2) is 0 Å². The molecule has 1 atom stereocenters. The van der Waals surface area contributed by atoms with E-state index in [1.165, 1.54) is 5.56 Å². The molecule has 2 rings (SSSR count). The zero-order valence-corrected chi connectivity index (χ0v) is 15.3. The van der Waals surface area contributed by atoms with Crippen LogP contribution in [0, 0.1) is 0 Å². The van der Waals surface area contributed by atoms with Crippen LogP contribution >= 0.6 is 56.7 Å². The van der Waals surface area contributed by atoms with Crippen LogP contribution in [0.4, 0.5) is 0 Å². The van der Waals surface area contributed by atoms with Crippen LogP contribution < -0.4 is 5.32 Å². The largest absolute Gasteiger partial charge is 0.506 e. The van der Waals surface area contributed by atoms with E-state index in [0.29, 0.717) is 6.04 Å². The third kappa shape index (κ3) is 4.76. The minimum absolute atomic E-state index is 0. The SMILES string of the molecule is C[C@H](c1cc(Br)c(O)c(Br)c1)N1CCNCC1.Cl.Cl. The molecule has 1 heterocycles. The molecule has 0 spiro atoms. The van der Waals surface area contributed by atoms with Gasteiger partial charge in [0.05, 0.1) is 8.95 Å². The van der Waals surface area contributed by atoms with Crippen LogP contribution in [0.5, 0.6) is 5.75 Å². The van der Waals surface area contributed by atoms with Crippen LogP contribution in [0.2, 0.25) is 0 Å². The lowest BCUT2D eigenvalue weighted by molar-refractivity contribution is 0.185. The highest BCUT2D eigenvalue weighted by Gasteiger charge is 2.19. The first kappa shape index (κ1) is 19.5. The first-order valence-electron chi connectivity index (χ1n) is 5.72. The Morgan fingerprint density at radius 3 is 2.11 bits per heavy atom. The van der Waals surface area contributed by atoms with Crippen LogP contribution in [-0.2, 0) is 0 Å². The summed E-state index contributed by atoms with van der Waals surface area (Å²) in [7, 11) is 0. The van der Waals surface area contributed by atoms with Crippen molar-refractivity contribution in [1.29, 1.82) is 0 Å². The first-order valence-corrected chi connectivity index (χ1v) is 7.31. The Kier molecular flexibility index (Phi) is 8.92. The molecule has 110 valence electrons. The number of phenols is 1. The molecular formula is C12H18Br2Cl2N2O. The number of phenolic OH excluding ortho intramolecular Hbond substituents is 1. The number of halogens is 4. The van der Waals surface area contributed by atoms with Crippen LogP contribution in [-0.4, -0.2) is 36.2 Å². The van der Waals surface area contributed by atoms with Gasteiger partial charge < -0.3 is 10.4 Å². The third-order valence-electron chi connectivity index (χ3n) is 3.22. The first-order chi connectivity index (χ1) is 8.09. The molecule has 2 N–H and O–H groups in total. The van der Waals surface area contributed by atoms with Crippen molar-refractivity contribution in [2.24, 2.45) is 0 Å². The summed E-state index contributed by atoms with van der Waals surface area (Å²) in [4.78, 5) is 2.45. The highest BCUT2D eigenvalue weighted by Crippen LogP contribution is 2.36. The summed E-state index contributed by atoms with van der Waals surface area (Å²) in [6.07, 6.45) is 0. The molecule has 3 nitrogen and oxygen atoms in total. The summed E-state index contributed by atoms with van der Waals surface area (Å²) >= 11 is 6.76. The smallest absolute Gasteiger partial charge is 0.143 e. The Morgan fingerprint density at radius 2 is 1.63 bits per heavy atom. The molecule has 0 aliphatic carbocycles. The molecular weight excluding hydrogens is 419 g/mol. The third-order valence-corrected chi connectivity index (χ3v) is 4.43. The minimum atomic E-state index is 0. The fourth-order valence-electron chi connectivity index (χ4n) is 2.11. The highest BCUT2D eigenvalue weighted by atomic mass is 79.9. The molecule has 1 aliphatic heterocycles. The van der Waals surface area contributed by atoms with Gasteiger partial charge in [-0.05, 0) is 56.5 Å². The van der Waals surface area contributed by atoms with Crippen molar-refractivity contribution in [3.05, 3.63) is 26.6 Å². The second-order valence-corrected chi connectivity index (χ2v) is 6.00. The lowest BCUT2D eigenvalue weighted by Gasteiger charge is -2.33. The van der Waals surface area contributed by atoms with Gasteiger partial charge in [0.2, 0.25) is 0 Å². The number of hydrogen-bond donors (Lipinski definition) is 2. The van der Waals surface area contributed by atoms with Crippen molar-refractivity contribution in [2.75, 3.05) is 26.2 Å². The van der Waals surface area contributed by atoms with E-state index >= 15 is 0 Å². The number of rotatable bonds is 2. The van der Waals surface area contributed by atoms with E-state index in [9.17, 15) is 5.11 Å². The molecule has 1 aromatic rings. The average molecular weight is 437 g/mol. The van der Waals surface area contributed by atoms with E-state index < -0.39 is 0 Å². The predicted molar refractivity (Wildman–Crippen MR) is 90.9 cm³/mol. The molecule has 0 bridgehead atoms. The van der Waals surface area contributed by atoms with Gasteiger partial charge in [0.1, 0.15) is 5.75 Å². The van der Waals surface area contributed by atoms with E-state index in [1.807, 2.05) is 12.1 Å². The van der Waals surface area contributed by atoms with Gasteiger partial charge in [0.15, 0.2) is 0 Å². The Hall–Kier alpha value is 0.480. The van der Waals surface area contributed by atoms with E-state index in [0.717, 1.165) is 35.1 Å². The van der Waals surface area contributed by atoms with Gasteiger partial charge in [-0.3, -0.25) is 4.90 Å². The van der Waals surface area contributed by atoms with Gasteiger partial charge >= 0.3 is 0 Å². The number of piperazine rings is 1. The molecule has 1 fully saturated rings. The lowest BCUT2D eigenvalue weighted by Crippen LogP contribution is -2.44. The van der Waals surface area contributed by atoms with E-state index in [-0.39, 0.29) is 30.6 Å². The van der Waals surface area contributed by atoms with Crippen molar-refractivity contribution in [3.63, 3.8) is 0 Å². The zero-order valence-electron chi connectivity index (χ0n) is 10.5. The molecule has 0 radical (unpaired) electrons. The van der Waals surface area contributed by atoms with Crippen LogP contribution in [0.15, 0.2) is 21.1 Å². The Balaban J connectivity index is 0.00000162. The monoisotopic (exact) mass is 434 g/mol. The van der Waals surface area contributed by atoms with Crippen molar-refractivity contribution in [2.45, 2.75) is 13.0 Å². The second kappa shape index (κ2) is 8.70. The van der Waals surface area contributed by atoms with Gasteiger partial charge in [-0.2, -0.15) is 0 Å². The highest BCUT2D eigenvalue weighted by molar-refractivity contribution is 9.11. The Labute approximate surface area is 143 Å². The topological polar surface area (TPSA) is 35.5 Å². The van der Waals surface area contributed by atoms with Crippen molar-refractivity contribution in [1.82, 2.24) is 10.2 Å². The Morgan fingerprint density at radius 1 is 1.16 bits per heavy atom. The zero-order chi connectivity index (χ0) is 12.4. The minimum Gasteiger partial charge on any atom is -0.506 e. The fourth-order valence-corrected chi connectivity index (χ4v) is 3.33. The van der Waals surface area contributed by atoms with Crippen molar-refractivity contribution in [3.8, 4) is 5.75 Å². The molecule has 19 heavy (non-hydrogen) atoms. The maximum atomic E-state index is 9.71. The molecule has 0 aromatic heterocycles. The molecule has 1 aromatic carbocycles. The summed E-state index contributed by atoms with van der Waals surface area (Å²) in [6.45, 7) is 6.43. The summed E-state index contributed by atoms with van der Waals surface area (Å²) in [5.41, 5.74) is 1.21. The number of nitrogens with zero attached hydrogens (tertiary/aromatic N) is 1. The maximum absolute atomic E-state index is 9.71. The standard InChI is InChI=1S/C12H16Br2N2O.2ClH/c1-8(16-4-2-15-3-5-16)9-6-10(13)12(17)11(14)7-9;;/h6-8,15,17H,2-5H2,1H3;2*1H/t8-;;/m1../s1. The second-order valence-electron chi connectivity index (χ2n) is 4.30. The fraction of sp³-hybridized carbons (Fsp3) is 0.500. The predicted octanol–water partition coefficient (Wildman–Crippen LogP) is 3.73. The summed E-state index contributed by atoms with van der Waals surface area (Å²) < 4.78 is 1.48. The molecule has 1 aliphatic rings. The lowest BCUT2D eigenvalue weighted by atomic mass is 10.1. The van der Waals surface area contributed by atoms with E-state index in [1.54, 1.807) is 0 Å². The normalized spacial score (nSPS) is 17.2. The molecule has 1 saturated heterocycles. The van der Waals surface area contributed by atoms with Gasteiger partial charge in [0.25, 0.3) is 0 Å². The Bertz CT molecular complexity index is 392. The maximum Gasteiger partial charge on any atom is 0.143 e. The van der Waals surface area contributed by atoms with Gasteiger partial charge in [-0.15, -0.1) is 24.8 Å². The summed E-state index contributed by atoms with van der Waals surface area (Å²) in [5.74, 6) is 0.265. The summed E-state index contributed by atoms with van der Waals surface area (Å²) in [6, 6.07) is 4.35. The van der Waals surface area contributed by atoms with Crippen LogP contribution in [0.1, 0.15) is 18.5 Å². The van der Waals surface area contributed by atoms with Crippen molar-refractivity contribution >= 4 is 56.7 Å². The van der Waals surface area contributed by atoms with Crippen LogP contribution in [0.25, 0.3) is 0 Å². The number of aromatic hydroxyl groups is 1. The molecule has 0 saturated carbocycles. The van der Waals surface area contributed by atoms with Gasteiger partial charge in [-0.1, -0.05) is 0 Å². The van der Waals surface area contributed by atoms with E-state index in [2.05, 4.69) is 49.0 Å². The molecule has 7 heteroatoms. The number of nitrogens with one attached hydrogen (secondary N) is 1. The number of hydrogen-bond acceptors (Lipinski definition) is 3. The summed E-state index contributed by atoms with van der Waals surface area (Å²) in [5, 5.41) is 13.1. The molecule has 0 unspecified atom stereocenters. The van der Waals surface area contributed by atoms with Crippen LogP contribution in [0.3, 0.4) is 0 Å². The quantitative estimate of drug-likeness (QED) is 0.741. The number of benzene rings is 1. The average Bonchev–Trinajstić information content (AvgIpc) is 2.35. The molecule has 0 amide bonds.